The lowest BCUT2D eigenvalue weighted by Gasteiger charge is -2.23. The van der Waals surface area contributed by atoms with E-state index in [1.165, 1.54) is 24.3 Å². The molecule has 1 saturated heterocycles. The number of nitrogens with zero attached hydrogens (tertiary/aromatic N) is 1. The summed E-state index contributed by atoms with van der Waals surface area (Å²) >= 11 is 5.88. The van der Waals surface area contributed by atoms with Crippen LogP contribution in [0, 0.1) is 0 Å². The van der Waals surface area contributed by atoms with E-state index in [1.54, 1.807) is 24.3 Å². The van der Waals surface area contributed by atoms with E-state index in [0.29, 0.717) is 18.0 Å². The Hall–Kier alpha value is -2.42. The fourth-order valence-corrected chi connectivity index (χ4v) is 4.76. The Balaban J connectivity index is 1.81. The number of rotatable bonds is 7. The van der Waals surface area contributed by atoms with Crippen LogP contribution < -0.4 is 10.6 Å². The minimum absolute atomic E-state index is 0.0239. The van der Waals surface area contributed by atoms with Gasteiger partial charge in [-0.2, -0.15) is 4.31 Å². The van der Waals surface area contributed by atoms with Crippen molar-refractivity contribution in [3.63, 3.8) is 0 Å². The van der Waals surface area contributed by atoms with Crippen LogP contribution in [-0.4, -0.2) is 43.7 Å². The number of sulfonamides is 1. The summed E-state index contributed by atoms with van der Waals surface area (Å²) in [5.41, 5.74) is 0.745. The molecule has 2 amide bonds. The van der Waals surface area contributed by atoms with Gasteiger partial charge in [0.1, 0.15) is 6.04 Å². The first-order chi connectivity index (χ1) is 14.4. The van der Waals surface area contributed by atoms with Gasteiger partial charge in [0.05, 0.1) is 11.4 Å². The Labute approximate surface area is 181 Å². The van der Waals surface area contributed by atoms with Crippen LogP contribution in [-0.2, 0) is 26.2 Å². The molecule has 9 heteroatoms. The summed E-state index contributed by atoms with van der Waals surface area (Å²) in [7, 11) is -3.96. The van der Waals surface area contributed by atoms with E-state index in [4.69, 9.17) is 11.6 Å². The van der Waals surface area contributed by atoms with E-state index in [1.807, 2.05) is 6.07 Å². The second kappa shape index (κ2) is 10.1. The molecular formula is C21H24ClN3O4S. The SMILES string of the molecule is O=C(CN(Cc1ccccc1)S(=O)(=O)c1ccc(Cl)cc1)N[C@@H]1CCCCNC1=O. The van der Waals surface area contributed by atoms with Gasteiger partial charge in [-0.3, -0.25) is 9.59 Å². The van der Waals surface area contributed by atoms with Gasteiger partial charge in [-0.25, -0.2) is 8.42 Å². The quantitative estimate of drug-likeness (QED) is 0.678. The van der Waals surface area contributed by atoms with Crippen LogP contribution >= 0.6 is 11.6 Å². The van der Waals surface area contributed by atoms with Crippen molar-refractivity contribution in [2.75, 3.05) is 13.1 Å². The second-order valence-corrected chi connectivity index (χ2v) is 9.49. The molecular weight excluding hydrogens is 426 g/mol. The normalized spacial score (nSPS) is 17.3. The van der Waals surface area contributed by atoms with Gasteiger partial charge < -0.3 is 10.6 Å². The number of benzene rings is 2. The van der Waals surface area contributed by atoms with Crippen LogP contribution in [0.1, 0.15) is 24.8 Å². The number of halogens is 1. The molecule has 1 fully saturated rings. The first-order valence-electron chi connectivity index (χ1n) is 9.73. The lowest BCUT2D eigenvalue weighted by atomic mass is 10.1. The lowest BCUT2D eigenvalue weighted by Crippen LogP contribution is -2.49. The summed E-state index contributed by atoms with van der Waals surface area (Å²) in [4.78, 5) is 24.8. The van der Waals surface area contributed by atoms with Gasteiger partial charge in [0.25, 0.3) is 0 Å². The molecule has 0 saturated carbocycles. The molecule has 1 aliphatic rings. The highest BCUT2D eigenvalue weighted by Crippen LogP contribution is 2.20. The highest BCUT2D eigenvalue weighted by Gasteiger charge is 2.29. The number of carbonyl (C=O) groups excluding carboxylic acids is 2. The molecule has 0 aliphatic carbocycles. The van der Waals surface area contributed by atoms with Crippen molar-refractivity contribution >= 4 is 33.4 Å². The molecule has 0 unspecified atom stereocenters. The highest BCUT2D eigenvalue weighted by molar-refractivity contribution is 7.89. The third-order valence-corrected chi connectivity index (χ3v) is 6.90. The Bertz CT molecular complexity index is 981. The molecule has 0 spiro atoms. The standard InChI is InChI=1S/C21H24ClN3O4S/c22-17-9-11-18(12-10-17)30(28,29)25(14-16-6-2-1-3-7-16)15-20(26)24-19-8-4-5-13-23-21(19)27/h1-3,6-7,9-12,19H,4-5,8,13-15H2,(H,23,27)(H,24,26)/t19-/m1/s1. The van der Waals surface area contributed by atoms with Crippen molar-refractivity contribution < 1.29 is 18.0 Å². The topological polar surface area (TPSA) is 95.6 Å². The molecule has 0 bridgehead atoms. The summed E-state index contributed by atoms with van der Waals surface area (Å²) in [5, 5.41) is 5.85. The number of nitrogens with one attached hydrogen (secondary N) is 2. The molecule has 2 aromatic rings. The monoisotopic (exact) mass is 449 g/mol. The summed E-state index contributed by atoms with van der Waals surface area (Å²) < 4.78 is 27.5. The van der Waals surface area contributed by atoms with Crippen molar-refractivity contribution in [3.8, 4) is 0 Å². The van der Waals surface area contributed by atoms with Crippen LogP contribution in [0.4, 0.5) is 0 Å². The molecule has 1 atom stereocenters. The van der Waals surface area contributed by atoms with Gasteiger partial charge in [0.2, 0.25) is 21.8 Å². The Morgan fingerprint density at radius 2 is 1.80 bits per heavy atom. The van der Waals surface area contributed by atoms with Crippen LogP contribution in [0.15, 0.2) is 59.5 Å². The van der Waals surface area contributed by atoms with Gasteiger partial charge in [-0.15, -0.1) is 0 Å². The molecule has 1 aliphatic heterocycles. The maximum absolute atomic E-state index is 13.2. The van der Waals surface area contributed by atoms with Crippen LogP contribution in [0.2, 0.25) is 5.02 Å². The predicted octanol–water partition coefficient (Wildman–Crippen LogP) is 2.32. The lowest BCUT2D eigenvalue weighted by molar-refractivity contribution is -0.128. The molecule has 0 radical (unpaired) electrons. The van der Waals surface area contributed by atoms with Crippen molar-refractivity contribution in [1.82, 2.24) is 14.9 Å². The maximum atomic E-state index is 13.2. The smallest absolute Gasteiger partial charge is 0.243 e. The fourth-order valence-electron chi connectivity index (χ4n) is 3.25. The van der Waals surface area contributed by atoms with E-state index >= 15 is 0 Å². The number of hydrogen-bond donors (Lipinski definition) is 2. The average Bonchev–Trinajstić information content (AvgIpc) is 2.93. The Kier molecular flexibility index (Phi) is 7.47. The maximum Gasteiger partial charge on any atom is 0.243 e. The molecule has 3 rings (SSSR count). The van der Waals surface area contributed by atoms with Gasteiger partial charge >= 0.3 is 0 Å². The fraction of sp³-hybridized carbons (Fsp3) is 0.333. The van der Waals surface area contributed by atoms with E-state index in [0.717, 1.165) is 22.7 Å². The zero-order chi connectivity index (χ0) is 21.6. The molecule has 2 aromatic carbocycles. The number of carbonyl (C=O) groups is 2. The molecule has 2 N–H and O–H groups in total. The Morgan fingerprint density at radius 1 is 1.10 bits per heavy atom. The van der Waals surface area contributed by atoms with Gasteiger partial charge in [-0.1, -0.05) is 41.9 Å². The third kappa shape index (κ3) is 5.81. The summed E-state index contributed by atoms with van der Waals surface area (Å²) in [5.74, 6) is -0.762. The predicted molar refractivity (Wildman–Crippen MR) is 114 cm³/mol. The van der Waals surface area contributed by atoms with E-state index < -0.39 is 28.5 Å². The average molecular weight is 450 g/mol. The highest BCUT2D eigenvalue weighted by atomic mass is 35.5. The van der Waals surface area contributed by atoms with E-state index in [9.17, 15) is 18.0 Å². The summed E-state index contributed by atoms with van der Waals surface area (Å²) in [6.45, 7) is 0.204. The Morgan fingerprint density at radius 3 is 2.50 bits per heavy atom. The third-order valence-electron chi connectivity index (χ3n) is 4.84. The van der Waals surface area contributed by atoms with E-state index in [-0.39, 0.29) is 17.3 Å². The second-order valence-electron chi connectivity index (χ2n) is 7.12. The van der Waals surface area contributed by atoms with Gasteiger partial charge in [0, 0.05) is 18.1 Å². The van der Waals surface area contributed by atoms with Crippen molar-refractivity contribution in [2.45, 2.75) is 36.7 Å². The first-order valence-corrected chi connectivity index (χ1v) is 11.5. The van der Waals surface area contributed by atoms with Crippen molar-refractivity contribution in [1.29, 1.82) is 0 Å². The minimum Gasteiger partial charge on any atom is -0.354 e. The number of amides is 2. The zero-order valence-electron chi connectivity index (χ0n) is 16.4. The van der Waals surface area contributed by atoms with Crippen LogP contribution in [0.25, 0.3) is 0 Å². The molecule has 1 heterocycles. The van der Waals surface area contributed by atoms with E-state index in [2.05, 4.69) is 10.6 Å². The van der Waals surface area contributed by atoms with Crippen LogP contribution in [0.3, 0.4) is 0 Å². The van der Waals surface area contributed by atoms with Gasteiger partial charge in [-0.05, 0) is 49.1 Å². The summed E-state index contributed by atoms with van der Waals surface area (Å²) in [6, 6.07) is 14.2. The van der Waals surface area contributed by atoms with Crippen LogP contribution in [0.5, 0.6) is 0 Å². The summed E-state index contributed by atoms with van der Waals surface area (Å²) in [6.07, 6.45) is 2.18. The van der Waals surface area contributed by atoms with Crippen molar-refractivity contribution in [2.24, 2.45) is 0 Å². The van der Waals surface area contributed by atoms with Gasteiger partial charge in [0.15, 0.2) is 0 Å². The number of hydrogen-bond acceptors (Lipinski definition) is 4. The minimum atomic E-state index is -3.96. The largest absolute Gasteiger partial charge is 0.354 e. The van der Waals surface area contributed by atoms with Crippen molar-refractivity contribution in [3.05, 3.63) is 65.2 Å². The molecule has 7 nitrogen and oxygen atoms in total. The first kappa shape index (κ1) is 22.3. The zero-order valence-corrected chi connectivity index (χ0v) is 18.0. The molecule has 0 aromatic heterocycles. The molecule has 30 heavy (non-hydrogen) atoms. The molecule has 160 valence electrons.